The summed E-state index contributed by atoms with van der Waals surface area (Å²) in [6, 6.07) is 10.7. The first-order chi connectivity index (χ1) is 13.0. The summed E-state index contributed by atoms with van der Waals surface area (Å²) in [4.78, 5) is 24.1. The lowest BCUT2D eigenvalue weighted by molar-refractivity contribution is -0.122. The number of esters is 1. The fourth-order valence-corrected chi connectivity index (χ4v) is 3.15. The molecule has 3 rings (SSSR count). The van der Waals surface area contributed by atoms with Gasteiger partial charge in [0, 0.05) is 5.69 Å². The Labute approximate surface area is 158 Å². The number of rotatable bonds is 6. The lowest BCUT2D eigenvalue weighted by Crippen LogP contribution is -2.30. The molecule has 0 unspecified atom stereocenters. The summed E-state index contributed by atoms with van der Waals surface area (Å²) in [6.07, 6.45) is 2.57. The molecule has 6 heteroatoms. The maximum atomic E-state index is 12.5. The van der Waals surface area contributed by atoms with E-state index in [2.05, 4.69) is 11.4 Å². The molecule has 0 aromatic heterocycles. The second-order valence-corrected chi connectivity index (χ2v) is 6.44. The molecule has 0 fully saturated rings. The minimum absolute atomic E-state index is 0.257. The van der Waals surface area contributed by atoms with Crippen LogP contribution in [0.4, 0.5) is 5.69 Å². The normalized spacial score (nSPS) is 13.4. The molecule has 27 heavy (non-hydrogen) atoms. The molecule has 142 valence electrons. The second kappa shape index (κ2) is 8.12. The van der Waals surface area contributed by atoms with Crippen molar-refractivity contribution in [2.75, 3.05) is 19.5 Å². The van der Waals surface area contributed by atoms with Crippen LogP contribution in [0.5, 0.6) is 11.5 Å². The molecule has 1 aliphatic rings. The number of benzene rings is 2. The van der Waals surface area contributed by atoms with Crippen LogP contribution < -0.4 is 14.8 Å². The van der Waals surface area contributed by atoms with Gasteiger partial charge in [0.2, 0.25) is 0 Å². The molecule has 0 spiro atoms. The summed E-state index contributed by atoms with van der Waals surface area (Å²) in [7, 11) is 2.78. The van der Waals surface area contributed by atoms with Crippen molar-refractivity contribution in [3.63, 3.8) is 0 Å². The van der Waals surface area contributed by atoms with Gasteiger partial charge in [0.25, 0.3) is 5.91 Å². The van der Waals surface area contributed by atoms with Crippen LogP contribution in [0.1, 0.15) is 34.8 Å². The SMILES string of the molecule is COC(=O)c1ccc(O[C@@H](C)C(=O)Nc2ccc3c(c2)CCC3)c(OC)c1. The van der Waals surface area contributed by atoms with Gasteiger partial charge >= 0.3 is 5.97 Å². The van der Waals surface area contributed by atoms with E-state index in [0.717, 1.165) is 24.9 Å². The molecule has 0 bridgehead atoms. The Morgan fingerprint density at radius 3 is 2.52 bits per heavy atom. The molecular formula is C21H23NO5. The first-order valence-corrected chi connectivity index (χ1v) is 8.87. The maximum absolute atomic E-state index is 12.5. The van der Waals surface area contributed by atoms with E-state index in [0.29, 0.717) is 17.1 Å². The van der Waals surface area contributed by atoms with Gasteiger partial charge in [-0.05, 0) is 67.6 Å². The number of anilines is 1. The zero-order valence-electron chi connectivity index (χ0n) is 15.7. The zero-order chi connectivity index (χ0) is 19.4. The molecule has 2 aromatic carbocycles. The third-order valence-electron chi connectivity index (χ3n) is 4.62. The number of aryl methyl sites for hydroxylation is 2. The molecule has 0 saturated heterocycles. The van der Waals surface area contributed by atoms with Gasteiger partial charge in [0.15, 0.2) is 17.6 Å². The van der Waals surface area contributed by atoms with Crippen molar-refractivity contribution in [3.8, 4) is 11.5 Å². The number of amides is 1. The molecule has 6 nitrogen and oxygen atoms in total. The molecule has 2 aromatic rings. The smallest absolute Gasteiger partial charge is 0.337 e. The van der Waals surface area contributed by atoms with E-state index < -0.39 is 12.1 Å². The van der Waals surface area contributed by atoms with Crippen molar-refractivity contribution in [1.82, 2.24) is 0 Å². The molecule has 1 N–H and O–H groups in total. The van der Waals surface area contributed by atoms with Gasteiger partial charge in [-0.2, -0.15) is 0 Å². The van der Waals surface area contributed by atoms with Crippen molar-refractivity contribution in [3.05, 3.63) is 53.1 Å². The first-order valence-electron chi connectivity index (χ1n) is 8.87. The minimum Gasteiger partial charge on any atom is -0.493 e. The van der Waals surface area contributed by atoms with Crippen molar-refractivity contribution in [1.29, 1.82) is 0 Å². The largest absolute Gasteiger partial charge is 0.493 e. The van der Waals surface area contributed by atoms with E-state index in [4.69, 9.17) is 14.2 Å². The van der Waals surface area contributed by atoms with Crippen LogP contribution in [0.15, 0.2) is 36.4 Å². The van der Waals surface area contributed by atoms with E-state index in [1.165, 1.54) is 31.4 Å². The summed E-state index contributed by atoms with van der Waals surface area (Å²) < 4.78 is 15.7. The summed E-state index contributed by atoms with van der Waals surface area (Å²) in [5.74, 6) is 0.00568. The lowest BCUT2D eigenvalue weighted by Gasteiger charge is -2.17. The highest BCUT2D eigenvalue weighted by atomic mass is 16.5. The number of methoxy groups -OCH3 is 2. The fraction of sp³-hybridized carbons (Fsp3) is 0.333. The van der Waals surface area contributed by atoms with Crippen molar-refractivity contribution < 1.29 is 23.8 Å². The highest BCUT2D eigenvalue weighted by Crippen LogP contribution is 2.30. The van der Waals surface area contributed by atoms with Crippen LogP contribution in [0.3, 0.4) is 0 Å². The fourth-order valence-electron chi connectivity index (χ4n) is 3.15. The monoisotopic (exact) mass is 369 g/mol. The summed E-state index contributed by atoms with van der Waals surface area (Å²) in [6.45, 7) is 1.66. The van der Waals surface area contributed by atoms with Crippen molar-refractivity contribution in [2.45, 2.75) is 32.3 Å². The van der Waals surface area contributed by atoms with E-state index in [1.54, 1.807) is 19.1 Å². The molecule has 0 saturated carbocycles. The number of nitrogens with one attached hydrogen (secondary N) is 1. The number of carbonyl (C=O) groups excluding carboxylic acids is 2. The Bertz CT molecular complexity index is 862. The highest BCUT2D eigenvalue weighted by molar-refractivity contribution is 5.94. The predicted octanol–water partition coefficient (Wildman–Crippen LogP) is 3.38. The standard InChI is InChI=1S/C21H23NO5/c1-13(20(23)22-17-9-7-14-5-4-6-15(14)11-17)27-18-10-8-16(21(24)26-3)12-19(18)25-2/h7-13H,4-6H2,1-3H3,(H,22,23)/t13-/m0/s1. The van der Waals surface area contributed by atoms with Gasteiger partial charge in [0.05, 0.1) is 19.8 Å². The third-order valence-corrected chi connectivity index (χ3v) is 4.62. The number of hydrogen-bond donors (Lipinski definition) is 1. The Kier molecular flexibility index (Phi) is 5.64. The van der Waals surface area contributed by atoms with Crippen LogP contribution in [0.25, 0.3) is 0 Å². The van der Waals surface area contributed by atoms with Gasteiger partial charge in [-0.25, -0.2) is 4.79 Å². The van der Waals surface area contributed by atoms with Gasteiger partial charge in [-0.15, -0.1) is 0 Å². The molecule has 1 atom stereocenters. The van der Waals surface area contributed by atoms with Crippen molar-refractivity contribution >= 4 is 17.6 Å². The lowest BCUT2D eigenvalue weighted by atomic mass is 10.1. The summed E-state index contributed by atoms with van der Waals surface area (Å²) in [5, 5.41) is 2.89. The molecule has 1 aliphatic carbocycles. The topological polar surface area (TPSA) is 73.9 Å². The van der Waals surface area contributed by atoms with E-state index in [-0.39, 0.29) is 5.91 Å². The molecule has 0 aliphatic heterocycles. The number of fused-ring (bicyclic) bond motifs is 1. The molecular weight excluding hydrogens is 346 g/mol. The second-order valence-electron chi connectivity index (χ2n) is 6.44. The quantitative estimate of drug-likeness (QED) is 0.790. The average Bonchev–Trinajstić information content (AvgIpc) is 3.15. The number of hydrogen-bond acceptors (Lipinski definition) is 5. The van der Waals surface area contributed by atoms with Gasteiger partial charge in [-0.1, -0.05) is 6.07 Å². The van der Waals surface area contributed by atoms with Gasteiger partial charge < -0.3 is 19.5 Å². The number of carbonyl (C=O) groups is 2. The van der Waals surface area contributed by atoms with E-state index >= 15 is 0 Å². The van der Waals surface area contributed by atoms with Crippen LogP contribution in [-0.4, -0.2) is 32.2 Å². The molecule has 1 amide bonds. The summed E-state index contributed by atoms with van der Waals surface area (Å²) >= 11 is 0. The van der Waals surface area contributed by atoms with Crippen LogP contribution in [0.2, 0.25) is 0 Å². The summed E-state index contributed by atoms with van der Waals surface area (Å²) in [5.41, 5.74) is 3.76. The Morgan fingerprint density at radius 1 is 1.00 bits per heavy atom. The van der Waals surface area contributed by atoms with Gasteiger partial charge in [0.1, 0.15) is 0 Å². The highest BCUT2D eigenvalue weighted by Gasteiger charge is 2.19. The Hall–Kier alpha value is -3.02. The molecule has 0 radical (unpaired) electrons. The van der Waals surface area contributed by atoms with Gasteiger partial charge in [-0.3, -0.25) is 4.79 Å². The number of ether oxygens (including phenoxy) is 3. The van der Waals surface area contributed by atoms with Crippen LogP contribution in [-0.2, 0) is 22.4 Å². The minimum atomic E-state index is -0.740. The Morgan fingerprint density at radius 2 is 1.78 bits per heavy atom. The van der Waals surface area contributed by atoms with Crippen LogP contribution >= 0.6 is 0 Å². The zero-order valence-corrected chi connectivity index (χ0v) is 15.7. The third kappa shape index (κ3) is 4.22. The van der Waals surface area contributed by atoms with Crippen molar-refractivity contribution in [2.24, 2.45) is 0 Å². The van der Waals surface area contributed by atoms with Crippen LogP contribution in [0, 0.1) is 0 Å². The predicted molar refractivity (Wildman–Crippen MR) is 102 cm³/mol. The first kappa shape index (κ1) is 18.8. The average molecular weight is 369 g/mol. The molecule has 0 heterocycles. The van der Waals surface area contributed by atoms with E-state index in [9.17, 15) is 9.59 Å². The van der Waals surface area contributed by atoms with E-state index in [1.807, 2.05) is 12.1 Å². The Balaban J connectivity index is 1.68. The maximum Gasteiger partial charge on any atom is 0.337 e.